The van der Waals surface area contributed by atoms with Gasteiger partial charge in [0.25, 0.3) is 11.8 Å². The van der Waals surface area contributed by atoms with Crippen LogP contribution in [-0.2, 0) is 4.79 Å². The summed E-state index contributed by atoms with van der Waals surface area (Å²) >= 11 is 0. The molecular weight excluding hydrogens is 332 g/mol. The minimum atomic E-state index is -0.259. The molecule has 0 saturated heterocycles. The highest BCUT2D eigenvalue weighted by atomic mass is 16.2. The highest BCUT2D eigenvalue weighted by Crippen LogP contribution is 2.13. The Morgan fingerprint density at radius 2 is 1.54 bits per heavy atom. The Labute approximate surface area is 152 Å². The van der Waals surface area contributed by atoms with Gasteiger partial charge in [0.05, 0.1) is 6.54 Å². The van der Waals surface area contributed by atoms with Gasteiger partial charge in [0.1, 0.15) is 0 Å². The van der Waals surface area contributed by atoms with Crippen LogP contribution >= 0.6 is 0 Å². The van der Waals surface area contributed by atoms with Crippen LogP contribution in [0.15, 0.2) is 48.5 Å². The Balaban J connectivity index is 1.96. The molecule has 0 spiro atoms. The molecule has 7 nitrogen and oxygen atoms in total. The van der Waals surface area contributed by atoms with Crippen LogP contribution in [0.2, 0.25) is 0 Å². The van der Waals surface area contributed by atoms with Gasteiger partial charge in [-0.25, -0.2) is 0 Å². The Morgan fingerprint density at radius 3 is 2.19 bits per heavy atom. The predicted octanol–water partition coefficient (Wildman–Crippen LogP) is 1.80. The van der Waals surface area contributed by atoms with Crippen molar-refractivity contribution >= 4 is 29.1 Å². The maximum absolute atomic E-state index is 12.1. The van der Waals surface area contributed by atoms with Gasteiger partial charge < -0.3 is 20.9 Å². The second-order valence-corrected chi connectivity index (χ2v) is 5.84. The van der Waals surface area contributed by atoms with E-state index in [2.05, 4.69) is 16.0 Å². The number of nitrogens with zero attached hydrogens (tertiary/aromatic N) is 1. The number of anilines is 2. The maximum atomic E-state index is 12.1. The van der Waals surface area contributed by atoms with Gasteiger partial charge in [-0.1, -0.05) is 12.1 Å². The molecule has 0 aromatic heterocycles. The van der Waals surface area contributed by atoms with Gasteiger partial charge in [0.15, 0.2) is 0 Å². The first-order valence-corrected chi connectivity index (χ1v) is 8.08. The van der Waals surface area contributed by atoms with Gasteiger partial charge in [0.2, 0.25) is 5.91 Å². The summed E-state index contributed by atoms with van der Waals surface area (Å²) in [5.74, 6) is -0.587. The summed E-state index contributed by atoms with van der Waals surface area (Å²) in [4.78, 5) is 37.2. The van der Waals surface area contributed by atoms with Gasteiger partial charge >= 0.3 is 0 Å². The predicted molar refractivity (Wildman–Crippen MR) is 101 cm³/mol. The monoisotopic (exact) mass is 354 g/mol. The minimum Gasteiger partial charge on any atom is -0.376 e. The number of rotatable bonds is 6. The van der Waals surface area contributed by atoms with E-state index in [1.807, 2.05) is 0 Å². The van der Waals surface area contributed by atoms with Crippen LogP contribution in [-0.4, -0.2) is 50.3 Å². The van der Waals surface area contributed by atoms with Gasteiger partial charge in [-0.15, -0.1) is 0 Å². The van der Waals surface area contributed by atoms with Crippen molar-refractivity contribution in [2.24, 2.45) is 0 Å². The lowest BCUT2D eigenvalue weighted by Gasteiger charge is -2.12. The minimum absolute atomic E-state index is 0.0308. The van der Waals surface area contributed by atoms with Gasteiger partial charge in [0, 0.05) is 43.6 Å². The van der Waals surface area contributed by atoms with Gasteiger partial charge in [-0.3, -0.25) is 14.4 Å². The zero-order valence-electron chi connectivity index (χ0n) is 15.0. The second kappa shape index (κ2) is 8.66. The first-order valence-electron chi connectivity index (χ1n) is 8.08. The van der Waals surface area contributed by atoms with Gasteiger partial charge in [-0.2, -0.15) is 0 Å². The number of benzene rings is 2. The molecule has 136 valence electrons. The zero-order valence-corrected chi connectivity index (χ0v) is 15.0. The van der Waals surface area contributed by atoms with Crippen LogP contribution in [0.3, 0.4) is 0 Å². The van der Waals surface area contributed by atoms with Crippen molar-refractivity contribution in [2.45, 2.75) is 0 Å². The number of carbonyl (C=O) groups is 3. The van der Waals surface area contributed by atoms with Crippen LogP contribution in [0.1, 0.15) is 20.7 Å². The topological polar surface area (TPSA) is 90.5 Å². The van der Waals surface area contributed by atoms with Gasteiger partial charge in [-0.05, 0) is 36.4 Å². The van der Waals surface area contributed by atoms with Crippen LogP contribution in [0.5, 0.6) is 0 Å². The third kappa shape index (κ3) is 5.07. The summed E-state index contributed by atoms with van der Waals surface area (Å²) in [5.41, 5.74) is 2.22. The molecule has 2 aromatic carbocycles. The second-order valence-electron chi connectivity index (χ2n) is 5.84. The molecule has 0 aliphatic rings. The average Bonchev–Trinajstić information content (AvgIpc) is 2.65. The summed E-state index contributed by atoms with van der Waals surface area (Å²) in [6.07, 6.45) is 0. The largest absolute Gasteiger partial charge is 0.376 e. The number of carbonyl (C=O) groups excluding carboxylic acids is 3. The first kappa shape index (κ1) is 19.0. The molecule has 0 aliphatic heterocycles. The van der Waals surface area contributed by atoms with E-state index in [9.17, 15) is 14.4 Å². The number of amides is 3. The van der Waals surface area contributed by atoms with E-state index in [4.69, 9.17) is 0 Å². The molecule has 0 radical (unpaired) electrons. The molecule has 0 fully saturated rings. The summed E-state index contributed by atoms with van der Waals surface area (Å²) in [6.45, 7) is 0.0308. The van der Waals surface area contributed by atoms with Crippen molar-refractivity contribution in [3.63, 3.8) is 0 Å². The lowest BCUT2D eigenvalue weighted by atomic mass is 10.2. The highest BCUT2D eigenvalue weighted by Gasteiger charge is 2.10. The molecule has 0 saturated carbocycles. The number of nitrogens with one attached hydrogen (secondary N) is 3. The third-order valence-electron chi connectivity index (χ3n) is 3.60. The van der Waals surface area contributed by atoms with Crippen molar-refractivity contribution in [3.05, 3.63) is 59.7 Å². The summed E-state index contributed by atoms with van der Waals surface area (Å²) in [7, 11) is 4.90. The summed E-state index contributed by atoms with van der Waals surface area (Å²) in [6, 6.07) is 13.6. The van der Waals surface area contributed by atoms with E-state index in [1.54, 1.807) is 69.7 Å². The molecule has 26 heavy (non-hydrogen) atoms. The van der Waals surface area contributed by atoms with E-state index in [-0.39, 0.29) is 24.3 Å². The van der Waals surface area contributed by atoms with Crippen molar-refractivity contribution in [2.75, 3.05) is 38.3 Å². The third-order valence-corrected chi connectivity index (χ3v) is 3.60. The fourth-order valence-corrected chi connectivity index (χ4v) is 2.29. The first-order chi connectivity index (χ1) is 12.4. The Hall–Kier alpha value is -3.35. The number of hydrogen-bond donors (Lipinski definition) is 3. The van der Waals surface area contributed by atoms with Crippen molar-refractivity contribution in [1.29, 1.82) is 0 Å². The quantitative estimate of drug-likeness (QED) is 0.738. The fraction of sp³-hybridized carbons (Fsp3) is 0.211. The summed E-state index contributed by atoms with van der Waals surface area (Å²) < 4.78 is 0. The molecule has 3 amide bonds. The van der Waals surface area contributed by atoms with E-state index < -0.39 is 0 Å². The smallest absolute Gasteiger partial charge is 0.253 e. The molecule has 2 rings (SSSR count). The standard InChI is InChI=1S/C19H22N4O3/c1-20-18(25)13-6-4-8-15(10-13)21-12-17(24)22-16-9-5-7-14(11-16)19(26)23(2)3/h4-11,21H,12H2,1-3H3,(H,20,25)(H,22,24). The molecule has 0 atom stereocenters. The van der Waals surface area contributed by atoms with Crippen molar-refractivity contribution in [3.8, 4) is 0 Å². The highest BCUT2D eigenvalue weighted by molar-refractivity contribution is 5.98. The molecule has 0 bridgehead atoms. The van der Waals surface area contributed by atoms with Crippen LogP contribution in [0, 0.1) is 0 Å². The Morgan fingerprint density at radius 1 is 0.923 bits per heavy atom. The molecule has 7 heteroatoms. The van der Waals surface area contributed by atoms with Crippen LogP contribution in [0.25, 0.3) is 0 Å². The normalized spacial score (nSPS) is 9.96. The zero-order chi connectivity index (χ0) is 19.1. The number of hydrogen-bond acceptors (Lipinski definition) is 4. The van der Waals surface area contributed by atoms with E-state index >= 15 is 0 Å². The molecule has 2 aromatic rings. The fourth-order valence-electron chi connectivity index (χ4n) is 2.29. The maximum Gasteiger partial charge on any atom is 0.253 e. The van der Waals surface area contributed by atoms with E-state index in [0.29, 0.717) is 22.5 Å². The molecule has 0 aliphatic carbocycles. The summed E-state index contributed by atoms with van der Waals surface area (Å²) in [5, 5.41) is 8.27. The van der Waals surface area contributed by atoms with Crippen molar-refractivity contribution < 1.29 is 14.4 Å². The Bertz CT molecular complexity index is 818. The lowest BCUT2D eigenvalue weighted by Crippen LogP contribution is -2.23. The molecule has 0 heterocycles. The molecular formula is C19H22N4O3. The van der Waals surface area contributed by atoms with Crippen LogP contribution in [0.4, 0.5) is 11.4 Å². The van der Waals surface area contributed by atoms with Crippen LogP contribution < -0.4 is 16.0 Å². The molecule has 3 N–H and O–H groups in total. The average molecular weight is 354 g/mol. The van der Waals surface area contributed by atoms with E-state index in [1.165, 1.54) is 4.90 Å². The van der Waals surface area contributed by atoms with E-state index in [0.717, 1.165) is 0 Å². The lowest BCUT2D eigenvalue weighted by molar-refractivity contribution is -0.114. The van der Waals surface area contributed by atoms with Crippen molar-refractivity contribution in [1.82, 2.24) is 10.2 Å². The molecule has 0 unspecified atom stereocenters. The SMILES string of the molecule is CNC(=O)c1cccc(NCC(=O)Nc2cccc(C(=O)N(C)C)c2)c1. The Kier molecular flexibility index (Phi) is 6.32.